The summed E-state index contributed by atoms with van der Waals surface area (Å²) >= 11 is 1.60. The molecule has 6 heteroatoms. The highest BCUT2D eigenvalue weighted by molar-refractivity contribution is 8.00. The topological polar surface area (TPSA) is 58.6 Å². The molecule has 2 amide bonds. The molecule has 1 fully saturated rings. The van der Waals surface area contributed by atoms with Gasteiger partial charge in [0, 0.05) is 11.4 Å². The van der Waals surface area contributed by atoms with Gasteiger partial charge in [0.1, 0.15) is 11.1 Å². The number of carbonyl (C=O) groups is 2. The molecule has 1 saturated heterocycles. The maximum absolute atomic E-state index is 12.9. The van der Waals surface area contributed by atoms with Crippen molar-refractivity contribution in [2.45, 2.75) is 31.6 Å². The van der Waals surface area contributed by atoms with E-state index in [2.05, 4.69) is 5.32 Å². The molecule has 1 N–H and O–H groups in total. The van der Waals surface area contributed by atoms with E-state index in [0.29, 0.717) is 12.4 Å². The smallest absolute Gasteiger partial charge is 0.238 e. The highest BCUT2D eigenvalue weighted by Crippen LogP contribution is 2.42. The number of benzene rings is 3. The minimum Gasteiger partial charge on any atom is -0.494 e. The second kappa shape index (κ2) is 10.6. The molecule has 0 saturated carbocycles. The van der Waals surface area contributed by atoms with Gasteiger partial charge in [-0.1, -0.05) is 49.4 Å². The molecule has 3 aromatic rings. The van der Waals surface area contributed by atoms with Crippen molar-refractivity contribution in [3.8, 4) is 5.75 Å². The molecular weight excluding hydrogens is 432 g/mol. The third kappa shape index (κ3) is 5.22. The van der Waals surface area contributed by atoms with Crippen molar-refractivity contribution < 1.29 is 14.3 Å². The molecule has 0 unspecified atom stereocenters. The highest BCUT2D eigenvalue weighted by Gasteiger charge is 2.34. The number of amides is 2. The van der Waals surface area contributed by atoms with Crippen LogP contribution < -0.4 is 15.0 Å². The van der Waals surface area contributed by atoms with Crippen LogP contribution in [0.2, 0.25) is 0 Å². The average molecular weight is 461 g/mol. The van der Waals surface area contributed by atoms with E-state index in [1.165, 1.54) is 0 Å². The van der Waals surface area contributed by atoms with Gasteiger partial charge in [-0.2, -0.15) is 0 Å². The Balaban J connectivity index is 1.47. The summed E-state index contributed by atoms with van der Waals surface area (Å²) in [6.45, 7) is 4.57. The second-order valence-electron chi connectivity index (χ2n) is 7.84. The van der Waals surface area contributed by atoms with Gasteiger partial charge < -0.3 is 10.1 Å². The Labute approximate surface area is 199 Å². The van der Waals surface area contributed by atoms with Crippen LogP contribution in [0.15, 0.2) is 78.9 Å². The van der Waals surface area contributed by atoms with E-state index in [1.807, 2.05) is 97.6 Å². The van der Waals surface area contributed by atoms with Gasteiger partial charge in [-0.3, -0.25) is 14.5 Å². The lowest BCUT2D eigenvalue weighted by atomic mass is 9.95. The van der Waals surface area contributed by atoms with Crippen molar-refractivity contribution in [2.75, 3.05) is 22.6 Å². The number of nitrogens with one attached hydrogen (secondary N) is 1. The van der Waals surface area contributed by atoms with Crippen molar-refractivity contribution in [2.24, 2.45) is 0 Å². The maximum Gasteiger partial charge on any atom is 0.238 e. The summed E-state index contributed by atoms with van der Waals surface area (Å²) < 4.78 is 5.52. The molecule has 0 bridgehead atoms. The molecule has 1 aliphatic rings. The molecule has 0 radical (unpaired) electrons. The van der Waals surface area contributed by atoms with Crippen molar-refractivity contribution in [3.63, 3.8) is 0 Å². The van der Waals surface area contributed by atoms with E-state index >= 15 is 0 Å². The maximum atomic E-state index is 12.9. The molecular formula is C27H28N2O3S. The zero-order valence-corrected chi connectivity index (χ0v) is 19.7. The number of hydrogen-bond acceptors (Lipinski definition) is 4. The quantitative estimate of drug-likeness (QED) is 0.448. The molecule has 5 nitrogen and oxygen atoms in total. The standard InChI is InChI=1S/C27H28N2O3S/c1-3-24(19-8-6-5-7-9-19)26(31)28-21-12-10-20(11-13-21)27-29(25(30)18-33-27)22-14-16-23(17-15-22)32-4-2/h5-17,24,27H,3-4,18H2,1-2H3,(H,28,31)/t24-,27+/m1/s1. The van der Waals surface area contributed by atoms with Gasteiger partial charge in [0.2, 0.25) is 11.8 Å². The van der Waals surface area contributed by atoms with Crippen LogP contribution in [0.3, 0.4) is 0 Å². The third-order valence-electron chi connectivity index (χ3n) is 5.68. The summed E-state index contributed by atoms with van der Waals surface area (Å²) in [4.78, 5) is 27.3. The Kier molecular flexibility index (Phi) is 7.35. The first-order valence-electron chi connectivity index (χ1n) is 11.2. The first-order chi connectivity index (χ1) is 16.1. The monoisotopic (exact) mass is 460 g/mol. The molecule has 0 aliphatic carbocycles. The Bertz CT molecular complexity index is 1080. The average Bonchev–Trinajstić information content (AvgIpc) is 3.23. The molecule has 1 aliphatic heterocycles. The van der Waals surface area contributed by atoms with Gasteiger partial charge in [-0.05, 0) is 60.9 Å². The summed E-state index contributed by atoms with van der Waals surface area (Å²) in [5, 5.41) is 2.94. The molecule has 2 atom stereocenters. The van der Waals surface area contributed by atoms with E-state index in [1.54, 1.807) is 11.8 Å². The minimum absolute atomic E-state index is 0.0158. The fraction of sp³-hybridized carbons (Fsp3) is 0.259. The van der Waals surface area contributed by atoms with Gasteiger partial charge in [0.05, 0.1) is 18.3 Å². The summed E-state index contributed by atoms with van der Waals surface area (Å²) in [5.74, 6) is 1.10. The van der Waals surface area contributed by atoms with E-state index in [-0.39, 0.29) is 23.1 Å². The van der Waals surface area contributed by atoms with Gasteiger partial charge in [0.25, 0.3) is 0 Å². The Morgan fingerprint density at radius 1 is 1.03 bits per heavy atom. The summed E-state index contributed by atoms with van der Waals surface area (Å²) in [6, 6.07) is 25.2. The SMILES string of the molecule is CCOc1ccc(N2C(=O)CS[C@H]2c2ccc(NC(=O)[C@H](CC)c3ccccc3)cc2)cc1. The first-order valence-corrected chi connectivity index (χ1v) is 12.3. The van der Waals surface area contributed by atoms with Crippen LogP contribution in [0.1, 0.15) is 42.7 Å². The Hall–Kier alpha value is -3.25. The molecule has 0 spiro atoms. The Morgan fingerprint density at radius 2 is 1.73 bits per heavy atom. The number of ether oxygens (including phenoxy) is 1. The van der Waals surface area contributed by atoms with E-state index in [0.717, 1.165) is 34.7 Å². The largest absolute Gasteiger partial charge is 0.494 e. The number of hydrogen-bond donors (Lipinski definition) is 1. The molecule has 3 aromatic carbocycles. The molecule has 1 heterocycles. The van der Waals surface area contributed by atoms with Crippen LogP contribution in [0.25, 0.3) is 0 Å². The van der Waals surface area contributed by atoms with Crippen LogP contribution in [0, 0.1) is 0 Å². The second-order valence-corrected chi connectivity index (χ2v) is 8.91. The van der Waals surface area contributed by atoms with Crippen molar-refractivity contribution in [3.05, 3.63) is 90.0 Å². The molecule has 33 heavy (non-hydrogen) atoms. The number of rotatable bonds is 8. The third-order valence-corrected chi connectivity index (χ3v) is 6.90. The number of carbonyl (C=O) groups excluding carboxylic acids is 2. The van der Waals surface area contributed by atoms with Crippen molar-refractivity contribution in [1.82, 2.24) is 0 Å². The fourth-order valence-electron chi connectivity index (χ4n) is 4.04. The predicted molar refractivity (Wildman–Crippen MR) is 135 cm³/mol. The normalized spacial score (nSPS) is 16.5. The molecule has 4 rings (SSSR count). The number of nitrogens with zero attached hydrogens (tertiary/aromatic N) is 1. The zero-order chi connectivity index (χ0) is 23.2. The van der Waals surface area contributed by atoms with Crippen LogP contribution in [-0.2, 0) is 9.59 Å². The summed E-state index contributed by atoms with van der Waals surface area (Å²) in [6.07, 6.45) is 0.728. The highest BCUT2D eigenvalue weighted by atomic mass is 32.2. The van der Waals surface area contributed by atoms with Crippen molar-refractivity contribution >= 4 is 35.0 Å². The lowest BCUT2D eigenvalue weighted by Gasteiger charge is -2.25. The van der Waals surface area contributed by atoms with Gasteiger partial charge in [0.15, 0.2) is 0 Å². The number of thioether (sulfide) groups is 1. The molecule has 0 aromatic heterocycles. The van der Waals surface area contributed by atoms with E-state index in [9.17, 15) is 9.59 Å². The number of anilines is 2. The van der Waals surface area contributed by atoms with Gasteiger partial charge >= 0.3 is 0 Å². The predicted octanol–water partition coefficient (Wildman–Crippen LogP) is 6.00. The zero-order valence-electron chi connectivity index (χ0n) is 18.9. The lowest BCUT2D eigenvalue weighted by molar-refractivity contribution is -0.118. The van der Waals surface area contributed by atoms with Crippen LogP contribution in [0.4, 0.5) is 11.4 Å². The van der Waals surface area contributed by atoms with Crippen LogP contribution in [0.5, 0.6) is 5.75 Å². The van der Waals surface area contributed by atoms with Gasteiger partial charge in [-0.25, -0.2) is 0 Å². The minimum atomic E-state index is -0.191. The summed E-state index contributed by atoms with van der Waals surface area (Å²) in [7, 11) is 0. The Morgan fingerprint density at radius 3 is 2.36 bits per heavy atom. The lowest BCUT2D eigenvalue weighted by Crippen LogP contribution is -2.27. The fourth-order valence-corrected chi connectivity index (χ4v) is 5.22. The van der Waals surface area contributed by atoms with E-state index in [4.69, 9.17) is 4.74 Å². The van der Waals surface area contributed by atoms with E-state index < -0.39 is 0 Å². The van der Waals surface area contributed by atoms with Gasteiger partial charge in [-0.15, -0.1) is 11.8 Å². The first kappa shape index (κ1) is 22.9. The van der Waals surface area contributed by atoms with Crippen LogP contribution in [-0.4, -0.2) is 24.2 Å². The molecule has 170 valence electrons. The summed E-state index contributed by atoms with van der Waals surface area (Å²) in [5.41, 5.74) is 3.64. The van der Waals surface area contributed by atoms with Crippen molar-refractivity contribution in [1.29, 1.82) is 0 Å². The van der Waals surface area contributed by atoms with Crippen LogP contribution >= 0.6 is 11.8 Å².